The summed E-state index contributed by atoms with van der Waals surface area (Å²) in [6.45, 7) is 1.57. The van der Waals surface area contributed by atoms with Crippen LogP contribution in [0.4, 0.5) is 0 Å². The average molecular weight is 291 g/mol. The van der Waals surface area contributed by atoms with E-state index in [9.17, 15) is 4.79 Å². The molecular weight excluding hydrogens is 278 g/mol. The van der Waals surface area contributed by atoms with Gasteiger partial charge in [0.25, 0.3) is 0 Å². The summed E-state index contributed by atoms with van der Waals surface area (Å²) in [7, 11) is 0. The van der Waals surface area contributed by atoms with Gasteiger partial charge in [0.15, 0.2) is 5.16 Å². The quantitative estimate of drug-likeness (QED) is 0.642. The molecule has 0 atom stereocenters. The second kappa shape index (κ2) is 5.71. The largest absolute Gasteiger partial charge is 0.337 e. The van der Waals surface area contributed by atoms with E-state index in [0.717, 1.165) is 19.5 Å². The second-order valence-corrected chi connectivity index (χ2v) is 6.20. The Morgan fingerprint density at radius 3 is 3.11 bits per heavy atom. The molecule has 0 bridgehead atoms. The van der Waals surface area contributed by atoms with Crippen LogP contribution in [-0.4, -0.2) is 33.1 Å². The normalized spacial score (nSPS) is 14.2. The number of carbonyl (C=O) groups excluding carboxylic acids is 1. The van der Waals surface area contributed by atoms with Gasteiger partial charge in [0, 0.05) is 30.4 Å². The molecule has 0 aliphatic carbocycles. The minimum absolute atomic E-state index is 0.161. The summed E-state index contributed by atoms with van der Waals surface area (Å²) < 4.78 is 0. The molecule has 0 N–H and O–H groups in total. The van der Waals surface area contributed by atoms with Gasteiger partial charge in [-0.25, -0.2) is 9.97 Å². The molecular formula is C13H13N3OS2. The van der Waals surface area contributed by atoms with Crippen LogP contribution in [0.2, 0.25) is 0 Å². The third-order valence-corrected chi connectivity index (χ3v) is 4.91. The molecule has 1 aliphatic rings. The predicted octanol–water partition coefficient (Wildman–Crippen LogP) is 2.22. The van der Waals surface area contributed by atoms with Crippen molar-refractivity contribution in [2.45, 2.75) is 18.1 Å². The van der Waals surface area contributed by atoms with Gasteiger partial charge in [-0.1, -0.05) is 11.8 Å². The Bertz CT molecular complexity index is 570. The van der Waals surface area contributed by atoms with Gasteiger partial charge in [0.05, 0.1) is 5.75 Å². The minimum atomic E-state index is 0.161. The molecule has 0 saturated carbocycles. The molecule has 3 heterocycles. The molecule has 2 aromatic rings. The minimum Gasteiger partial charge on any atom is -0.337 e. The zero-order valence-electron chi connectivity index (χ0n) is 10.3. The van der Waals surface area contributed by atoms with Crippen LogP contribution in [-0.2, 0) is 17.8 Å². The van der Waals surface area contributed by atoms with Gasteiger partial charge in [-0.2, -0.15) is 0 Å². The first-order chi connectivity index (χ1) is 9.33. The summed E-state index contributed by atoms with van der Waals surface area (Å²) in [5.41, 5.74) is 1.30. The molecule has 2 aromatic heterocycles. The Morgan fingerprint density at radius 2 is 2.26 bits per heavy atom. The maximum Gasteiger partial charge on any atom is 0.233 e. The van der Waals surface area contributed by atoms with Crippen molar-refractivity contribution in [3.8, 4) is 0 Å². The fraction of sp³-hybridized carbons (Fsp3) is 0.308. The standard InChI is InChI=1S/C13H13N3OS2/c17-12(9-19-13-14-4-1-5-15-13)16-6-2-11-10(8-16)3-7-18-11/h1,3-5,7H,2,6,8-9H2. The van der Waals surface area contributed by atoms with E-state index >= 15 is 0 Å². The number of amides is 1. The number of hydrogen-bond donors (Lipinski definition) is 0. The number of thiophene rings is 1. The van der Waals surface area contributed by atoms with Crippen LogP contribution < -0.4 is 0 Å². The number of nitrogens with zero attached hydrogens (tertiary/aromatic N) is 3. The van der Waals surface area contributed by atoms with Crippen molar-refractivity contribution in [1.82, 2.24) is 14.9 Å². The lowest BCUT2D eigenvalue weighted by Gasteiger charge is -2.26. The van der Waals surface area contributed by atoms with Crippen molar-refractivity contribution in [2.24, 2.45) is 0 Å². The molecule has 3 rings (SSSR count). The molecule has 4 nitrogen and oxygen atoms in total. The van der Waals surface area contributed by atoms with Crippen molar-refractivity contribution in [3.63, 3.8) is 0 Å². The highest BCUT2D eigenvalue weighted by molar-refractivity contribution is 7.99. The van der Waals surface area contributed by atoms with Crippen molar-refractivity contribution >= 4 is 29.0 Å². The molecule has 0 fully saturated rings. The van der Waals surface area contributed by atoms with E-state index in [1.807, 2.05) is 4.90 Å². The summed E-state index contributed by atoms with van der Waals surface area (Å²) >= 11 is 3.18. The zero-order chi connectivity index (χ0) is 13.1. The first-order valence-electron chi connectivity index (χ1n) is 6.06. The highest BCUT2D eigenvalue weighted by Crippen LogP contribution is 2.24. The van der Waals surface area contributed by atoms with Crippen molar-refractivity contribution < 1.29 is 4.79 Å². The maximum absolute atomic E-state index is 12.2. The topological polar surface area (TPSA) is 46.1 Å². The Kier molecular flexibility index (Phi) is 3.79. The maximum atomic E-state index is 12.2. The van der Waals surface area contributed by atoms with Gasteiger partial charge in [-0.05, 0) is 29.5 Å². The van der Waals surface area contributed by atoms with Gasteiger partial charge < -0.3 is 4.90 Å². The van der Waals surface area contributed by atoms with E-state index in [4.69, 9.17) is 0 Å². The molecule has 0 unspecified atom stereocenters. The lowest BCUT2D eigenvalue weighted by Crippen LogP contribution is -2.36. The Hall–Kier alpha value is -1.40. The molecule has 0 aromatic carbocycles. The van der Waals surface area contributed by atoms with E-state index in [2.05, 4.69) is 21.4 Å². The fourth-order valence-corrected chi connectivity index (χ4v) is 3.63. The molecule has 19 heavy (non-hydrogen) atoms. The summed E-state index contributed by atoms with van der Waals surface area (Å²) in [4.78, 5) is 23.7. The smallest absolute Gasteiger partial charge is 0.233 e. The molecule has 98 valence electrons. The van der Waals surface area contributed by atoms with Crippen LogP contribution in [0.15, 0.2) is 35.1 Å². The third-order valence-electron chi connectivity index (χ3n) is 3.03. The lowest BCUT2D eigenvalue weighted by molar-refractivity contribution is -0.129. The highest BCUT2D eigenvalue weighted by atomic mass is 32.2. The van der Waals surface area contributed by atoms with Gasteiger partial charge in [0.1, 0.15) is 0 Å². The van der Waals surface area contributed by atoms with Crippen LogP contribution in [0, 0.1) is 0 Å². The van der Waals surface area contributed by atoms with E-state index in [-0.39, 0.29) is 5.91 Å². The molecule has 0 radical (unpaired) electrons. The summed E-state index contributed by atoms with van der Waals surface area (Å²) in [6.07, 6.45) is 4.36. The van der Waals surface area contributed by atoms with Gasteiger partial charge in [0.2, 0.25) is 5.91 Å². The lowest BCUT2D eigenvalue weighted by atomic mass is 10.1. The molecule has 6 heteroatoms. The van der Waals surface area contributed by atoms with Gasteiger partial charge in [-0.3, -0.25) is 4.79 Å². The highest BCUT2D eigenvalue weighted by Gasteiger charge is 2.21. The van der Waals surface area contributed by atoms with Crippen LogP contribution in [0.5, 0.6) is 0 Å². The van der Waals surface area contributed by atoms with Crippen LogP contribution in [0.25, 0.3) is 0 Å². The molecule has 0 spiro atoms. The number of carbonyl (C=O) groups is 1. The van der Waals surface area contributed by atoms with Crippen LogP contribution >= 0.6 is 23.1 Å². The summed E-state index contributed by atoms with van der Waals surface area (Å²) in [6, 6.07) is 3.89. The Balaban J connectivity index is 1.57. The van der Waals surface area contributed by atoms with Crippen LogP contribution in [0.1, 0.15) is 10.4 Å². The van der Waals surface area contributed by atoms with E-state index < -0.39 is 0 Å². The SMILES string of the molecule is O=C(CSc1ncccn1)N1CCc2sccc2C1. The van der Waals surface area contributed by atoms with E-state index in [1.54, 1.807) is 29.8 Å². The number of aromatic nitrogens is 2. The fourth-order valence-electron chi connectivity index (χ4n) is 2.04. The summed E-state index contributed by atoms with van der Waals surface area (Å²) in [5.74, 6) is 0.568. The Labute approximate surface area is 119 Å². The molecule has 0 saturated heterocycles. The molecule has 1 amide bonds. The zero-order valence-corrected chi connectivity index (χ0v) is 11.9. The second-order valence-electron chi connectivity index (χ2n) is 4.25. The molecule has 1 aliphatic heterocycles. The predicted molar refractivity (Wildman–Crippen MR) is 76.2 cm³/mol. The third kappa shape index (κ3) is 2.96. The van der Waals surface area contributed by atoms with Gasteiger partial charge >= 0.3 is 0 Å². The number of hydrogen-bond acceptors (Lipinski definition) is 5. The van der Waals surface area contributed by atoms with E-state index in [0.29, 0.717) is 10.9 Å². The number of rotatable bonds is 3. The first-order valence-corrected chi connectivity index (χ1v) is 7.92. The average Bonchev–Trinajstić information content (AvgIpc) is 2.93. The van der Waals surface area contributed by atoms with E-state index in [1.165, 1.54) is 22.2 Å². The Morgan fingerprint density at radius 1 is 1.42 bits per heavy atom. The van der Waals surface area contributed by atoms with Crippen molar-refractivity contribution in [1.29, 1.82) is 0 Å². The van der Waals surface area contributed by atoms with Crippen molar-refractivity contribution in [3.05, 3.63) is 40.3 Å². The number of thioether (sulfide) groups is 1. The summed E-state index contributed by atoms with van der Waals surface area (Å²) in [5, 5.41) is 2.76. The van der Waals surface area contributed by atoms with Gasteiger partial charge in [-0.15, -0.1) is 11.3 Å². The monoisotopic (exact) mass is 291 g/mol. The van der Waals surface area contributed by atoms with Crippen molar-refractivity contribution in [2.75, 3.05) is 12.3 Å². The number of fused-ring (bicyclic) bond motifs is 1. The first kappa shape index (κ1) is 12.6. The van der Waals surface area contributed by atoms with Crippen LogP contribution in [0.3, 0.4) is 0 Å².